The highest BCUT2D eigenvalue weighted by molar-refractivity contribution is 9.10. The van der Waals surface area contributed by atoms with Gasteiger partial charge in [0.2, 0.25) is 10.0 Å². The molecule has 0 radical (unpaired) electrons. The molecule has 0 fully saturated rings. The van der Waals surface area contributed by atoms with Crippen molar-refractivity contribution in [1.82, 2.24) is 5.32 Å². The molecule has 2 aromatic rings. The number of hydrogen-bond acceptors (Lipinski definition) is 3. The zero-order chi connectivity index (χ0) is 17.2. The standard InChI is InChI=1S/C14H11BrCl2N2O3S/c15-12-4-3-10(23(18,21)22)6-11(12)14(20)19-7-8-1-2-9(16)5-13(8)17/h1-6H,7H2,(H,19,20)(H2,18,21,22). The summed E-state index contributed by atoms with van der Waals surface area (Å²) < 4.78 is 23.2. The smallest absolute Gasteiger partial charge is 0.252 e. The maximum Gasteiger partial charge on any atom is 0.252 e. The molecule has 122 valence electrons. The number of sulfonamides is 1. The van der Waals surface area contributed by atoms with Crippen LogP contribution in [0.5, 0.6) is 0 Å². The van der Waals surface area contributed by atoms with Gasteiger partial charge in [-0.15, -0.1) is 0 Å². The molecule has 0 aliphatic rings. The molecule has 0 saturated heterocycles. The predicted molar refractivity (Wildman–Crippen MR) is 93.1 cm³/mol. The summed E-state index contributed by atoms with van der Waals surface area (Å²) in [5.41, 5.74) is 0.838. The SMILES string of the molecule is NS(=O)(=O)c1ccc(Br)c(C(=O)NCc2ccc(Cl)cc2Cl)c1. The molecule has 0 spiro atoms. The molecule has 1 amide bonds. The van der Waals surface area contributed by atoms with Gasteiger partial charge in [0, 0.05) is 21.1 Å². The largest absolute Gasteiger partial charge is 0.348 e. The molecule has 0 unspecified atom stereocenters. The van der Waals surface area contributed by atoms with E-state index in [9.17, 15) is 13.2 Å². The number of nitrogens with two attached hydrogens (primary N) is 1. The number of hydrogen-bond donors (Lipinski definition) is 2. The molecule has 0 atom stereocenters. The van der Waals surface area contributed by atoms with E-state index in [0.29, 0.717) is 20.1 Å². The number of primary sulfonamides is 1. The molecule has 0 bridgehead atoms. The normalized spacial score (nSPS) is 11.3. The number of benzene rings is 2. The number of carbonyl (C=O) groups excluding carboxylic acids is 1. The van der Waals surface area contributed by atoms with E-state index >= 15 is 0 Å². The highest BCUT2D eigenvalue weighted by atomic mass is 79.9. The Morgan fingerprint density at radius 2 is 1.87 bits per heavy atom. The third-order valence-corrected chi connectivity index (χ3v) is 5.15. The first-order chi connectivity index (χ1) is 10.7. The van der Waals surface area contributed by atoms with Gasteiger partial charge in [-0.1, -0.05) is 29.3 Å². The van der Waals surface area contributed by atoms with Gasteiger partial charge >= 0.3 is 0 Å². The van der Waals surface area contributed by atoms with Crippen LogP contribution in [0.15, 0.2) is 45.8 Å². The van der Waals surface area contributed by atoms with E-state index in [0.717, 1.165) is 0 Å². The molecule has 2 rings (SSSR count). The average molecular weight is 438 g/mol. The minimum atomic E-state index is -3.89. The summed E-state index contributed by atoms with van der Waals surface area (Å²) in [7, 11) is -3.89. The Kier molecular flexibility index (Phi) is 5.70. The van der Waals surface area contributed by atoms with Crippen molar-refractivity contribution in [2.24, 2.45) is 5.14 Å². The summed E-state index contributed by atoms with van der Waals surface area (Å²) in [5.74, 6) is -0.464. The first kappa shape index (κ1) is 18.2. The molecule has 5 nitrogen and oxygen atoms in total. The highest BCUT2D eigenvalue weighted by Gasteiger charge is 2.15. The minimum absolute atomic E-state index is 0.143. The molecule has 0 aromatic heterocycles. The van der Waals surface area contributed by atoms with Crippen LogP contribution in [0.2, 0.25) is 10.0 Å². The van der Waals surface area contributed by atoms with Gasteiger partial charge in [-0.3, -0.25) is 4.79 Å². The fourth-order valence-corrected chi connectivity index (χ4v) is 3.23. The van der Waals surface area contributed by atoms with E-state index in [1.165, 1.54) is 18.2 Å². The molecule has 2 aromatic carbocycles. The first-order valence-corrected chi connectivity index (χ1v) is 9.32. The highest BCUT2D eigenvalue weighted by Crippen LogP contribution is 2.22. The Morgan fingerprint density at radius 3 is 2.48 bits per heavy atom. The second-order valence-electron chi connectivity index (χ2n) is 4.61. The summed E-state index contributed by atoms with van der Waals surface area (Å²) in [6.07, 6.45) is 0. The number of rotatable bonds is 4. The van der Waals surface area contributed by atoms with Crippen LogP contribution in [-0.2, 0) is 16.6 Å². The van der Waals surface area contributed by atoms with Crippen molar-refractivity contribution in [1.29, 1.82) is 0 Å². The molecule has 0 aliphatic heterocycles. The van der Waals surface area contributed by atoms with E-state index in [4.69, 9.17) is 28.3 Å². The summed E-state index contributed by atoms with van der Waals surface area (Å²) in [6, 6.07) is 8.89. The van der Waals surface area contributed by atoms with Gasteiger partial charge in [0.1, 0.15) is 0 Å². The summed E-state index contributed by atoms with van der Waals surface area (Å²) in [6.45, 7) is 0.168. The lowest BCUT2D eigenvalue weighted by Crippen LogP contribution is -2.24. The van der Waals surface area contributed by atoms with Crippen LogP contribution in [0.25, 0.3) is 0 Å². The molecule has 23 heavy (non-hydrogen) atoms. The Balaban J connectivity index is 2.21. The van der Waals surface area contributed by atoms with Gasteiger partial charge in [0.25, 0.3) is 5.91 Å². The number of nitrogens with one attached hydrogen (secondary N) is 1. The second-order valence-corrected chi connectivity index (χ2v) is 7.86. The maximum atomic E-state index is 12.3. The summed E-state index contributed by atoms with van der Waals surface area (Å²) >= 11 is 15.1. The molecule has 0 heterocycles. The van der Waals surface area contributed by atoms with E-state index in [-0.39, 0.29) is 17.0 Å². The zero-order valence-electron chi connectivity index (χ0n) is 11.5. The Bertz CT molecular complexity index is 872. The number of amides is 1. The third kappa shape index (κ3) is 4.68. The van der Waals surface area contributed by atoms with Crippen LogP contribution >= 0.6 is 39.1 Å². The van der Waals surface area contributed by atoms with Crippen molar-refractivity contribution in [3.63, 3.8) is 0 Å². The molecule has 9 heteroatoms. The molecular formula is C14H11BrCl2N2O3S. The first-order valence-electron chi connectivity index (χ1n) is 6.23. The number of carbonyl (C=O) groups is 1. The zero-order valence-corrected chi connectivity index (χ0v) is 15.4. The van der Waals surface area contributed by atoms with Gasteiger partial charge in [-0.2, -0.15) is 0 Å². The van der Waals surface area contributed by atoms with E-state index < -0.39 is 15.9 Å². The van der Waals surface area contributed by atoms with Crippen LogP contribution in [-0.4, -0.2) is 14.3 Å². The molecule has 0 aliphatic carbocycles. The van der Waals surface area contributed by atoms with E-state index in [1.807, 2.05) is 0 Å². The van der Waals surface area contributed by atoms with Gasteiger partial charge in [-0.05, 0) is 51.8 Å². The lowest BCUT2D eigenvalue weighted by atomic mass is 10.2. The van der Waals surface area contributed by atoms with Gasteiger partial charge in [-0.25, -0.2) is 13.6 Å². The lowest BCUT2D eigenvalue weighted by molar-refractivity contribution is 0.0950. The number of halogens is 3. The molecular weight excluding hydrogens is 427 g/mol. The van der Waals surface area contributed by atoms with Crippen molar-refractivity contribution < 1.29 is 13.2 Å². The fourth-order valence-electron chi connectivity index (χ4n) is 1.79. The Labute approximate surface area is 152 Å². The minimum Gasteiger partial charge on any atom is -0.348 e. The fraction of sp³-hybridized carbons (Fsp3) is 0.0714. The van der Waals surface area contributed by atoms with Crippen molar-refractivity contribution >= 4 is 55.1 Å². The van der Waals surface area contributed by atoms with Gasteiger partial charge < -0.3 is 5.32 Å². The predicted octanol–water partition coefficient (Wildman–Crippen LogP) is 3.33. The quantitative estimate of drug-likeness (QED) is 0.768. The Morgan fingerprint density at radius 1 is 1.17 bits per heavy atom. The average Bonchev–Trinajstić information content (AvgIpc) is 2.45. The van der Waals surface area contributed by atoms with Crippen LogP contribution in [0.3, 0.4) is 0 Å². The van der Waals surface area contributed by atoms with Crippen molar-refractivity contribution in [3.8, 4) is 0 Å². The van der Waals surface area contributed by atoms with E-state index in [2.05, 4.69) is 21.2 Å². The summed E-state index contributed by atoms with van der Waals surface area (Å²) in [5, 5.41) is 8.65. The summed E-state index contributed by atoms with van der Waals surface area (Å²) in [4.78, 5) is 12.1. The van der Waals surface area contributed by atoms with Crippen molar-refractivity contribution in [2.75, 3.05) is 0 Å². The van der Waals surface area contributed by atoms with Crippen molar-refractivity contribution in [3.05, 3.63) is 62.0 Å². The van der Waals surface area contributed by atoms with Gasteiger partial charge in [0.05, 0.1) is 10.5 Å². The van der Waals surface area contributed by atoms with Crippen LogP contribution < -0.4 is 10.5 Å². The van der Waals surface area contributed by atoms with Gasteiger partial charge in [0.15, 0.2) is 0 Å². The second kappa shape index (κ2) is 7.19. The monoisotopic (exact) mass is 436 g/mol. The molecule has 3 N–H and O–H groups in total. The van der Waals surface area contributed by atoms with Crippen LogP contribution in [0.4, 0.5) is 0 Å². The lowest BCUT2D eigenvalue weighted by Gasteiger charge is -2.10. The van der Waals surface area contributed by atoms with Crippen molar-refractivity contribution in [2.45, 2.75) is 11.4 Å². The topological polar surface area (TPSA) is 89.3 Å². The van der Waals surface area contributed by atoms with Crippen LogP contribution in [0.1, 0.15) is 15.9 Å². The third-order valence-electron chi connectivity index (χ3n) is 2.97. The van der Waals surface area contributed by atoms with Crippen LogP contribution in [0, 0.1) is 0 Å². The Hall–Kier alpha value is -1.12. The van der Waals surface area contributed by atoms with E-state index in [1.54, 1.807) is 18.2 Å². The maximum absolute atomic E-state index is 12.3. The molecule has 0 saturated carbocycles.